The zero-order valence-electron chi connectivity index (χ0n) is 17.4. The SMILES string of the molecule is CN1C(=O)CNc2ncc(C(=O)N(Cc3ccncc3)Cc3ccc4c(c3)OCO4)cc21. The Kier molecular flexibility index (Phi) is 5.06. The maximum atomic E-state index is 13.6. The van der Waals surface area contributed by atoms with Gasteiger partial charge in [-0.25, -0.2) is 4.98 Å². The van der Waals surface area contributed by atoms with E-state index in [0.29, 0.717) is 41.7 Å². The predicted octanol–water partition coefficient (Wildman–Crippen LogP) is 2.44. The maximum Gasteiger partial charge on any atom is 0.256 e. The van der Waals surface area contributed by atoms with E-state index in [1.165, 1.54) is 11.1 Å². The second-order valence-electron chi connectivity index (χ2n) is 7.60. The van der Waals surface area contributed by atoms with E-state index in [1.54, 1.807) is 30.4 Å². The van der Waals surface area contributed by atoms with Crippen molar-refractivity contribution >= 4 is 23.3 Å². The van der Waals surface area contributed by atoms with Crippen molar-refractivity contribution in [3.8, 4) is 11.5 Å². The molecule has 1 N–H and O–H groups in total. The lowest BCUT2D eigenvalue weighted by molar-refractivity contribution is -0.116. The molecule has 9 heteroatoms. The van der Waals surface area contributed by atoms with Crippen molar-refractivity contribution in [2.24, 2.45) is 0 Å². The van der Waals surface area contributed by atoms with Crippen LogP contribution in [0.25, 0.3) is 0 Å². The predicted molar refractivity (Wildman–Crippen MR) is 117 cm³/mol. The summed E-state index contributed by atoms with van der Waals surface area (Å²) in [5.41, 5.74) is 2.85. The molecule has 9 nitrogen and oxygen atoms in total. The second kappa shape index (κ2) is 8.18. The van der Waals surface area contributed by atoms with Gasteiger partial charge in [0.25, 0.3) is 5.91 Å². The number of anilines is 2. The number of benzene rings is 1. The molecule has 162 valence electrons. The molecule has 0 bridgehead atoms. The van der Waals surface area contributed by atoms with Gasteiger partial charge in [-0.2, -0.15) is 0 Å². The zero-order valence-corrected chi connectivity index (χ0v) is 17.4. The van der Waals surface area contributed by atoms with Gasteiger partial charge in [-0.3, -0.25) is 14.6 Å². The minimum atomic E-state index is -0.193. The lowest BCUT2D eigenvalue weighted by Gasteiger charge is -2.27. The average molecular weight is 431 g/mol. The Bertz CT molecular complexity index is 1180. The highest BCUT2D eigenvalue weighted by Gasteiger charge is 2.25. The number of hydrogen-bond donors (Lipinski definition) is 1. The van der Waals surface area contributed by atoms with Crippen molar-refractivity contribution in [3.63, 3.8) is 0 Å². The van der Waals surface area contributed by atoms with Crippen LogP contribution < -0.4 is 19.7 Å². The van der Waals surface area contributed by atoms with Crippen LogP contribution in [0.3, 0.4) is 0 Å². The number of pyridine rings is 2. The van der Waals surface area contributed by atoms with Gasteiger partial charge in [-0.1, -0.05) is 6.07 Å². The molecule has 0 radical (unpaired) electrons. The number of hydrogen-bond acceptors (Lipinski definition) is 7. The average Bonchev–Trinajstić information content (AvgIpc) is 3.29. The number of carbonyl (C=O) groups excluding carboxylic acids is 2. The van der Waals surface area contributed by atoms with Crippen LogP contribution in [-0.2, 0) is 17.9 Å². The molecule has 0 spiro atoms. The Hall–Kier alpha value is -4.14. The molecule has 0 saturated heterocycles. The number of nitrogens with one attached hydrogen (secondary N) is 1. The number of ether oxygens (including phenoxy) is 2. The first-order valence-electron chi connectivity index (χ1n) is 10.2. The third-order valence-corrected chi connectivity index (χ3v) is 5.48. The largest absolute Gasteiger partial charge is 0.454 e. The topological polar surface area (TPSA) is 96.9 Å². The lowest BCUT2D eigenvalue weighted by Crippen LogP contribution is -2.37. The van der Waals surface area contributed by atoms with Crippen LogP contribution in [0.5, 0.6) is 11.5 Å². The summed E-state index contributed by atoms with van der Waals surface area (Å²) in [7, 11) is 1.68. The molecule has 0 atom stereocenters. The van der Waals surface area contributed by atoms with Gasteiger partial charge in [-0.15, -0.1) is 0 Å². The summed E-state index contributed by atoms with van der Waals surface area (Å²) in [6, 6.07) is 11.1. The van der Waals surface area contributed by atoms with Crippen molar-refractivity contribution in [2.45, 2.75) is 13.1 Å². The van der Waals surface area contributed by atoms with E-state index in [9.17, 15) is 9.59 Å². The van der Waals surface area contributed by atoms with Gasteiger partial charge in [0.1, 0.15) is 5.82 Å². The van der Waals surface area contributed by atoms with Gasteiger partial charge in [0.05, 0.1) is 17.8 Å². The van der Waals surface area contributed by atoms with Gasteiger partial charge in [0, 0.05) is 38.7 Å². The fourth-order valence-corrected chi connectivity index (χ4v) is 3.72. The molecule has 0 unspecified atom stereocenters. The first-order valence-corrected chi connectivity index (χ1v) is 10.2. The highest BCUT2D eigenvalue weighted by molar-refractivity contribution is 6.03. The second-order valence-corrected chi connectivity index (χ2v) is 7.60. The quantitative estimate of drug-likeness (QED) is 0.663. The first-order chi connectivity index (χ1) is 15.6. The molecule has 2 aliphatic rings. The number of carbonyl (C=O) groups is 2. The van der Waals surface area contributed by atoms with Gasteiger partial charge >= 0.3 is 0 Å². The van der Waals surface area contributed by atoms with Crippen LogP contribution >= 0.6 is 0 Å². The fraction of sp³-hybridized carbons (Fsp3) is 0.217. The molecule has 4 heterocycles. The number of aromatic nitrogens is 2. The molecule has 2 amide bonds. The van der Waals surface area contributed by atoms with E-state index in [4.69, 9.17) is 9.47 Å². The molecule has 5 rings (SSSR count). The summed E-state index contributed by atoms with van der Waals surface area (Å²) in [5, 5.41) is 2.98. The number of likely N-dealkylation sites (N-methyl/N-ethyl adjacent to an activating group) is 1. The molecule has 0 aliphatic carbocycles. The van der Waals surface area contributed by atoms with E-state index in [0.717, 1.165) is 11.1 Å². The minimum Gasteiger partial charge on any atom is -0.454 e. The summed E-state index contributed by atoms with van der Waals surface area (Å²) in [4.78, 5) is 37.3. The Balaban J connectivity index is 1.46. The third kappa shape index (κ3) is 3.80. The van der Waals surface area contributed by atoms with E-state index >= 15 is 0 Å². The fourth-order valence-electron chi connectivity index (χ4n) is 3.72. The van der Waals surface area contributed by atoms with Gasteiger partial charge < -0.3 is 24.6 Å². The minimum absolute atomic E-state index is 0.0853. The van der Waals surface area contributed by atoms with Crippen molar-refractivity contribution in [3.05, 3.63) is 71.7 Å². The van der Waals surface area contributed by atoms with E-state index in [1.807, 2.05) is 30.3 Å². The van der Waals surface area contributed by atoms with Crippen LogP contribution in [0.4, 0.5) is 11.5 Å². The Morgan fingerprint density at radius 2 is 1.88 bits per heavy atom. The van der Waals surface area contributed by atoms with Crippen molar-refractivity contribution < 1.29 is 19.1 Å². The maximum absolute atomic E-state index is 13.6. The molecule has 1 aromatic carbocycles. The standard InChI is InChI=1S/C23H21N5O4/c1-27-18-9-17(10-25-22(18)26-11-21(27)29)23(30)28(12-15-4-6-24-7-5-15)13-16-2-3-19-20(8-16)32-14-31-19/h2-10H,11-14H2,1H3,(H,25,26). The van der Waals surface area contributed by atoms with Crippen LogP contribution in [0.2, 0.25) is 0 Å². The zero-order chi connectivity index (χ0) is 22.1. The highest BCUT2D eigenvalue weighted by atomic mass is 16.7. The monoisotopic (exact) mass is 431 g/mol. The number of amides is 2. The van der Waals surface area contributed by atoms with E-state index < -0.39 is 0 Å². The van der Waals surface area contributed by atoms with E-state index in [-0.39, 0.29) is 25.2 Å². The molecule has 2 aromatic heterocycles. The molecular formula is C23H21N5O4. The van der Waals surface area contributed by atoms with Crippen LogP contribution in [0, 0.1) is 0 Å². The van der Waals surface area contributed by atoms with Crippen molar-refractivity contribution in [1.82, 2.24) is 14.9 Å². The van der Waals surface area contributed by atoms with Crippen molar-refractivity contribution in [1.29, 1.82) is 0 Å². The summed E-state index contributed by atoms with van der Waals surface area (Å²) in [6.45, 7) is 1.13. The van der Waals surface area contributed by atoms with Crippen molar-refractivity contribution in [2.75, 3.05) is 30.6 Å². The molecule has 32 heavy (non-hydrogen) atoms. The van der Waals surface area contributed by atoms with Gasteiger partial charge in [-0.05, 0) is 41.5 Å². The molecule has 0 saturated carbocycles. The summed E-state index contributed by atoms with van der Waals surface area (Å²) < 4.78 is 10.9. The number of nitrogens with zero attached hydrogens (tertiary/aromatic N) is 4. The number of rotatable bonds is 5. The Labute approximate surface area is 184 Å². The van der Waals surface area contributed by atoms with Crippen LogP contribution in [0.1, 0.15) is 21.5 Å². The Morgan fingerprint density at radius 3 is 2.72 bits per heavy atom. The first kappa shape index (κ1) is 19.8. The highest BCUT2D eigenvalue weighted by Crippen LogP contribution is 2.33. The van der Waals surface area contributed by atoms with E-state index in [2.05, 4.69) is 15.3 Å². The lowest BCUT2D eigenvalue weighted by atomic mass is 10.1. The Morgan fingerprint density at radius 1 is 1.09 bits per heavy atom. The molecular weight excluding hydrogens is 410 g/mol. The molecule has 0 fully saturated rings. The molecule has 3 aromatic rings. The number of fused-ring (bicyclic) bond motifs is 2. The van der Waals surface area contributed by atoms with Gasteiger partial charge in [0.15, 0.2) is 11.5 Å². The summed E-state index contributed by atoms with van der Waals surface area (Å²) >= 11 is 0. The normalized spacial score (nSPS) is 14.0. The smallest absolute Gasteiger partial charge is 0.256 e. The summed E-state index contributed by atoms with van der Waals surface area (Å²) in [5.74, 6) is 1.67. The van der Waals surface area contributed by atoms with Crippen LogP contribution in [-0.4, -0.2) is 47.1 Å². The third-order valence-electron chi connectivity index (χ3n) is 5.48. The van der Waals surface area contributed by atoms with Gasteiger partial charge in [0.2, 0.25) is 12.7 Å². The summed E-state index contributed by atoms with van der Waals surface area (Å²) in [6.07, 6.45) is 4.94. The van der Waals surface area contributed by atoms with Crippen LogP contribution in [0.15, 0.2) is 55.0 Å². The molecule has 2 aliphatic heterocycles.